The molecule has 4 rings (SSSR count). The summed E-state index contributed by atoms with van der Waals surface area (Å²) in [5.41, 5.74) is 1.06. The van der Waals surface area contributed by atoms with Crippen LogP contribution in [0.1, 0.15) is 29.9 Å². The van der Waals surface area contributed by atoms with E-state index < -0.39 is 21.6 Å². The molecule has 2 heterocycles. The molecular weight excluding hydrogens is 389 g/mol. The fourth-order valence-electron chi connectivity index (χ4n) is 4.08. The molecule has 1 N–H and O–H groups in total. The van der Waals surface area contributed by atoms with Gasteiger partial charge in [-0.2, -0.15) is 13.2 Å². The topological polar surface area (TPSA) is 49.4 Å². The van der Waals surface area contributed by atoms with Crippen LogP contribution in [-0.4, -0.2) is 39.5 Å². The number of rotatable bonds is 2. The Morgan fingerprint density at radius 2 is 1.64 bits per heavy atom. The van der Waals surface area contributed by atoms with E-state index in [1.807, 2.05) is 0 Å². The Balaban J connectivity index is 1.67. The summed E-state index contributed by atoms with van der Waals surface area (Å²) in [6, 6.07) is 8.91. The lowest BCUT2D eigenvalue weighted by molar-refractivity contribution is -0.137. The van der Waals surface area contributed by atoms with Crippen molar-refractivity contribution in [3.05, 3.63) is 53.6 Å². The summed E-state index contributed by atoms with van der Waals surface area (Å²) in [6.07, 6.45) is -2.58. The van der Waals surface area contributed by atoms with E-state index in [2.05, 4.69) is 17.3 Å². The van der Waals surface area contributed by atoms with Gasteiger partial charge in [-0.25, -0.2) is 8.42 Å². The van der Waals surface area contributed by atoms with Gasteiger partial charge in [0, 0.05) is 17.6 Å². The number of halogens is 3. The van der Waals surface area contributed by atoms with Crippen LogP contribution in [0.25, 0.3) is 0 Å². The minimum Gasteiger partial charge on any atom is -0.381 e. The van der Waals surface area contributed by atoms with Gasteiger partial charge in [0.1, 0.15) is 0 Å². The first-order chi connectivity index (χ1) is 13.2. The Morgan fingerprint density at radius 1 is 1.00 bits per heavy atom. The molecule has 0 radical (unpaired) electrons. The van der Waals surface area contributed by atoms with Crippen LogP contribution in [0.2, 0.25) is 0 Å². The molecule has 8 heteroatoms. The molecule has 1 unspecified atom stereocenters. The second-order valence-corrected chi connectivity index (χ2v) is 9.46. The number of nitrogens with one attached hydrogen (secondary N) is 1. The normalized spacial score (nSPS) is 22.9. The Hall–Kier alpha value is -2.06. The molecule has 28 heavy (non-hydrogen) atoms. The lowest BCUT2D eigenvalue weighted by Gasteiger charge is -2.16. The number of hydrogen-bond acceptors (Lipinski definition) is 4. The van der Waals surface area contributed by atoms with Gasteiger partial charge in [-0.15, -0.1) is 0 Å². The number of sulfone groups is 1. The maximum Gasteiger partial charge on any atom is 0.416 e. The highest BCUT2D eigenvalue weighted by Crippen LogP contribution is 2.42. The van der Waals surface area contributed by atoms with E-state index in [9.17, 15) is 21.6 Å². The third-order valence-corrected chi connectivity index (χ3v) is 7.46. The highest BCUT2D eigenvalue weighted by molar-refractivity contribution is 7.91. The number of alkyl halides is 3. The van der Waals surface area contributed by atoms with Gasteiger partial charge in [-0.1, -0.05) is 0 Å². The molecule has 2 aromatic rings. The first kappa shape index (κ1) is 19.3. The van der Waals surface area contributed by atoms with E-state index in [1.165, 1.54) is 6.07 Å². The smallest absolute Gasteiger partial charge is 0.381 e. The molecule has 0 bridgehead atoms. The molecular formula is C20H21F3N2O2S. The summed E-state index contributed by atoms with van der Waals surface area (Å²) in [7, 11) is -1.81. The molecule has 0 aliphatic carbocycles. The quantitative estimate of drug-likeness (QED) is 0.809. The molecule has 1 fully saturated rings. The fourth-order valence-corrected chi connectivity index (χ4v) is 5.38. The van der Waals surface area contributed by atoms with Gasteiger partial charge < -0.3 is 10.2 Å². The van der Waals surface area contributed by atoms with Gasteiger partial charge in [0.25, 0.3) is 0 Å². The van der Waals surface area contributed by atoms with Crippen LogP contribution < -0.4 is 5.32 Å². The van der Waals surface area contributed by atoms with Gasteiger partial charge in [-0.05, 0) is 81.0 Å². The van der Waals surface area contributed by atoms with Crippen molar-refractivity contribution >= 4 is 15.5 Å². The van der Waals surface area contributed by atoms with E-state index in [0.29, 0.717) is 0 Å². The average molecular weight is 410 g/mol. The second kappa shape index (κ2) is 6.77. The summed E-state index contributed by atoms with van der Waals surface area (Å²) in [4.78, 5) is 2.25. The molecule has 2 aliphatic rings. The summed E-state index contributed by atoms with van der Waals surface area (Å²) in [5.74, 6) is 0.239. The minimum absolute atomic E-state index is 0.117. The first-order valence-electron chi connectivity index (χ1n) is 9.17. The van der Waals surface area contributed by atoms with E-state index in [4.69, 9.17) is 0 Å². The minimum atomic E-state index is -4.50. The molecule has 1 saturated heterocycles. The zero-order valence-corrected chi connectivity index (χ0v) is 16.1. The van der Waals surface area contributed by atoms with Crippen LogP contribution in [0.15, 0.2) is 52.3 Å². The summed E-state index contributed by atoms with van der Waals surface area (Å²) in [5, 5.41) is 3.49. The molecule has 2 aliphatic heterocycles. The van der Waals surface area contributed by atoms with Crippen LogP contribution in [0.4, 0.5) is 18.9 Å². The van der Waals surface area contributed by atoms with Gasteiger partial charge in [-0.3, -0.25) is 0 Å². The van der Waals surface area contributed by atoms with Crippen molar-refractivity contribution in [1.29, 1.82) is 0 Å². The first-order valence-corrected chi connectivity index (χ1v) is 10.7. The zero-order valence-electron chi connectivity index (χ0n) is 15.3. The lowest BCUT2D eigenvalue weighted by Crippen LogP contribution is -2.22. The molecule has 0 aromatic heterocycles. The number of benzene rings is 2. The Kier molecular flexibility index (Phi) is 4.66. The molecule has 0 spiro atoms. The van der Waals surface area contributed by atoms with Crippen LogP contribution in [-0.2, 0) is 16.0 Å². The SMILES string of the molecule is CN1CCC2Nc3ccc(S(=O)(=O)c4ccc(C(F)(F)F)cc4)cc3[C@@H]2CC1. The summed E-state index contributed by atoms with van der Waals surface area (Å²) >= 11 is 0. The van der Waals surface area contributed by atoms with Crippen LogP contribution in [0.5, 0.6) is 0 Å². The Bertz CT molecular complexity index is 988. The van der Waals surface area contributed by atoms with Crippen molar-refractivity contribution in [2.45, 2.75) is 40.8 Å². The fraction of sp³-hybridized carbons (Fsp3) is 0.400. The van der Waals surface area contributed by atoms with Crippen molar-refractivity contribution in [2.24, 2.45) is 0 Å². The van der Waals surface area contributed by atoms with Crippen LogP contribution in [0, 0.1) is 0 Å². The number of anilines is 1. The number of hydrogen-bond donors (Lipinski definition) is 1. The second-order valence-electron chi connectivity index (χ2n) is 7.51. The van der Waals surface area contributed by atoms with Gasteiger partial charge in [0.05, 0.1) is 15.4 Å². The lowest BCUT2D eigenvalue weighted by atomic mass is 9.91. The van der Waals surface area contributed by atoms with Crippen molar-refractivity contribution < 1.29 is 21.6 Å². The van der Waals surface area contributed by atoms with Crippen molar-refractivity contribution in [3.63, 3.8) is 0 Å². The molecule has 2 aromatic carbocycles. The maximum absolute atomic E-state index is 13.0. The third kappa shape index (κ3) is 3.39. The van der Waals surface area contributed by atoms with Crippen LogP contribution in [0.3, 0.4) is 0 Å². The molecule has 2 atom stereocenters. The summed E-state index contributed by atoms with van der Waals surface area (Å²) in [6.45, 7) is 1.93. The van der Waals surface area contributed by atoms with E-state index in [1.54, 1.807) is 12.1 Å². The van der Waals surface area contributed by atoms with Crippen molar-refractivity contribution in [3.8, 4) is 0 Å². The van der Waals surface area contributed by atoms with Crippen molar-refractivity contribution in [2.75, 3.05) is 25.5 Å². The van der Waals surface area contributed by atoms with Crippen molar-refractivity contribution in [1.82, 2.24) is 4.90 Å². The monoisotopic (exact) mass is 410 g/mol. The molecule has 0 amide bonds. The number of fused-ring (bicyclic) bond motifs is 3. The molecule has 150 valence electrons. The maximum atomic E-state index is 13.0. The zero-order chi connectivity index (χ0) is 20.1. The predicted molar refractivity (Wildman–Crippen MR) is 100 cm³/mol. The standard InChI is InChI=1S/C20H21F3N2O2S/c1-25-10-8-16-17-12-15(6-7-18(17)24-19(16)9-11-25)28(26,27)14-4-2-13(3-5-14)20(21,22)23/h2-7,12,16,19,24H,8-11H2,1H3/t16-,19?/m0/s1. The molecule has 4 nitrogen and oxygen atoms in total. The van der Waals surface area contributed by atoms with E-state index in [0.717, 1.165) is 61.4 Å². The number of likely N-dealkylation sites (tertiary alicyclic amines) is 1. The average Bonchev–Trinajstić information content (AvgIpc) is 2.90. The highest BCUT2D eigenvalue weighted by atomic mass is 32.2. The highest BCUT2D eigenvalue weighted by Gasteiger charge is 2.35. The van der Waals surface area contributed by atoms with Gasteiger partial charge in [0.15, 0.2) is 0 Å². The summed E-state index contributed by atoms with van der Waals surface area (Å²) < 4.78 is 64.2. The predicted octanol–water partition coefficient (Wildman–Crippen LogP) is 4.14. The van der Waals surface area contributed by atoms with E-state index in [-0.39, 0.29) is 21.8 Å². The van der Waals surface area contributed by atoms with Crippen LogP contribution >= 0.6 is 0 Å². The number of nitrogens with zero attached hydrogens (tertiary/aromatic N) is 1. The Morgan fingerprint density at radius 3 is 2.32 bits per heavy atom. The largest absolute Gasteiger partial charge is 0.416 e. The third-order valence-electron chi connectivity index (χ3n) is 5.69. The van der Waals surface area contributed by atoms with E-state index >= 15 is 0 Å². The van der Waals surface area contributed by atoms with Gasteiger partial charge >= 0.3 is 6.18 Å². The molecule has 0 saturated carbocycles. The Labute approximate surface area is 162 Å². The van der Waals surface area contributed by atoms with Gasteiger partial charge in [0.2, 0.25) is 9.84 Å².